The van der Waals surface area contributed by atoms with Gasteiger partial charge in [0.05, 0.1) is 0 Å². The van der Waals surface area contributed by atoms with Crippen molar-refractivity contribution in [2.24, 2.45) is 0 Å². The molecule has 0 aromatic heterocycles. The van der Waals surface area contributed by atoms with Gasteiger partial charge in [-0.2, -0.15) is 12.6 Å². The van der Waals surface area contributed by atoms with E-state index in [1.54, 1.807) is 0 Å². The van der Waals surface area contributed by atoms with Crippen LogP contribution in [-0.4, -0.2) is 28.9 Å². The van der Waals surface area contributed by atoms with Crippen molar-refractivity contribution in [2.75, 3.05) is 5.75 Å². The number of aliphatic carboxylic acids is 1. The van der Waals surface area contributed by atoms with Crippen molar-refractivity contribution in [2.45, 2.75) is 24.9 Å². The summed E-state index contributed by atoms with van der Waals surface area (Å²) >= 11 is 4.07. The normalized spacial score (nSPS) is 32.5. The van der Waals surface area contributed by atoms with Gasteiger partial charge in [0.2, 0.25) is 0 Å². The van der Waals surface area contributed by atoms with Gasteiger partial charge in [0.25, 0.3) is 0 Å². The highest BCUT2D eigenvalue weighted by molar-refractivity contribution is 7.80. The van der Waals surface area contributed by atoms with Gasteiger partial charge >= 0.3 is 5.97 Å². The molecule has 0 aliphatic carbocycles. The molecule has 58 valence electrons. The Morgan fingerprint density at radius 2 is 2.40 bits per heavy atom. The van der Waals surface area contributed by atoms with Gasteiger partial charge < -0.3 is 10.4 Å². The minimum atomic E-state index is -0.746. The van der Waals surface area contributed by atoms with Crippen LogP contribution in [0, 0.1) is 0 Å². The molecule has 1 aliphatic heterocycles. The summed E-state index contributed by atoms with van der Waals surface area (Å²) in [5, 5.41) is 11.5. The van der Waals surface area contributed by atoms with Crippen molar-refractivity contribution in [3.8, 4) is 0 Å². The summed E-state index contributed by atoms with van der Waals surface area (Å²) in [6, 6.07) is -0.0402. The van der Waals surface area contributed by atoms with Crippen LogP contribution < -0.4 is 5.32 Å². The van der Waals surface area contributed by atoms with E-state index >= 15 is 0 Å². The molecule has 0 aromatic carbocycles. The maximum atomic E-state index is 10.4. The first-order valence-corrected chi connectivity index (χ1v) is 3.97. The van der Waals surface area contributed by atoms with Crippen LogP contribution in [0.2, 0.25) is 0 Å². The van der Waals surface area contributed by atoms with Crippen LogP contribution >= 0.6 is 12.6 Å². The van der Waals surface area contributed by atoms with Crippen molar-refractivity contribution in [3.63, 3.8) is 0 Å². The lowest BCUT2D eigenvalue weighted by atomic mass is 10.2. The molecule has 0 spiro atoms. The fourth-order valence-electron chi connectivity index (χ4n) is 1.16. The molecule has 2 atom stereocenters. The minimum Gasteiger partial charge on any atom is -0.480 e. The Kier molecular flexibility index (Phi) is 2.56. The number of carboxylic acids is 1. The van der Waals surface area contributed by atoms with Crippen LogP contribution in [0.3, 0.4) is 0 Å². The molecule has 3 nitrogen and oxygen atoms in total. The molecule has 0 radical (unpaired) electrons. The van der Waals surface area contributed by atoms with Gasteiger partial charge in [-0.1, -0.05) is 0 Å². The van der Waals surface area contributed by atoms with Gasteiger partial charge in [-0.3, -0.25) is 4.79 Å². The second-order valence-electron chi connectivity index (χ2n) is 2.51. The number of carboxylic acid groups (broad SMARTS) is 1. The third-order valence-corrected chi connectivity index (χ3v) is 2.20. The Hall–Kier alpha value is -0.220. The predicted octanol–water partition coefficient (Wildman–Crippen LogP) is 0.121. The topological polar surface area (TPSA) is 49.3 Å². The first kappa shape index (κ1) is 7.88. The van der Waals surface area contributed by atoms with Gasteiger partial charge in [0.1, 0.15) is 6.04 Å². The average molecular weight is 161 g/mol. The van der Waals surface area contributed by atoms with Crippen LogP contribution in [0.5, 0.6) is 0 Å². The lowest BCUT2D eigenvalue weighted by Crippen LogP contribution is -2.35. The zero-order chi connectivity index (χ0) is 7.56. The summed E-state index contributed by atoms with van der Waals surface area (Å²) in [4.78, 5) is 10.4. The van der Waals surface area contributed by atoms with Gasteiger partial charge in [0.15, 0.2) is 0 Å². The molecule has 1 unspecified atom stereocenters. The highest BCUT2D eigenvalue weighted by Crippen LogP contribution is 2.12. The largest absolute Gasteiger partial charge is 0.480 e. The number of hydrogen-bond acceptors (Lipinski definition) is 3. The van der Waals surface area contributed by atoms with E-state index in [2.05, 4.69) is 17.9 Å². The molecule has 10 heavy (non-hydrogen) atoms. The van der Waals surface area contributed by atoms with E-state index in [0.717, 1.165) is 18.6 Å². The van der Waals surface area contributed by atoms with E-state index in [0.29, 0.717) is 6.04 Å². The first-order valence-electron chi connectivity index (χ1n) is 3.33. The second kappa shape index (κ2) is 3.25. The van der Waals surface area contributed by atoms with E-state index in [-0.39, 0.29) is 6.04 Å². The summed E-state index contributed by atoms with van der Waals surface area (Å²) in [5.74, 6) is -0.0201. The van der Waals surface area contributed by atoms with E-state index in [1.165, 1.54) is 0 Å². The fraction of sp³-hybridized carbons (Fsp3) is 0.833. The quantitative estimate of drug-likeness (QED) is 0.504. The summed E-state index contributed by atoms with van der Waals surface area (Å²) in [5.41, 5.74) is 0. The maximum Gasteiger partial charge on any atom is 0.320 e. The standard InChI is InChI=1S/C6H11NO2S/c8-6(9)5-2-1-4(3-10)7-5/h4-5,7,10H,1-3H2,(H,8,9)/t4?,5-/m0/s1. The molecule has 1 heterocycles. The third-order valence-electron chi connectivity index (χ3n) is 1.76. The van der Waals surface area contributed by atoms with E-state index < -0.39 is 5.97 Å². The number of hydrogen-bond donors (Lipinski definition) is 3. The monoisotopic (exact) mass is 161 g/mol. The summed E-state index contributed by atoms with van der Waals surface area (Å²) in [6.45, 7) is 0. The number of rotatable bonds is 2. The van der Waals surface area contributed by atoms with Crippen LogP contribution in [0.4, 0.5) is 0 Å². The van der Waals surface area contributed by atoms with E-state index in [4.69, 9.17) is 5.11 Å². The van der Waals surface area contributed by atoms with Gasteiger partial charge in [-0.15, -0.1) is 0 Å². The first-order chi connectivity index (χ1) is 4.74. The molecular formula is C6H11NO2S. The average Bonchev–Trinajstić information content (AvgIpc) is 2.34. The van der Waals surface area contributed by atoms with Crippen molar-refractivity contribution in [1.82, 2.24) is 5.32 Å². The minimum absolute atomic E-state index is 0.296. The van der Waals surface area contributed by atoms with Crippen LogP contribution in [0.25, 0.3) is 0 Å². The summed E-state index contributed by atoms with van der Waals surface area (Å²) in [6.07, 6.45) is 1.67. The molecule has 1 aliphatic rings. The molecule has 0 saturated carbocycles. The van der Waals surface area contributed by atoms with E-state index in [1.807, 2.05) is 0 Å². The lowest BCUT2D eigenvalue weighted by Gasteiger charge is -2.06. The molecule has 1 saturated heterocycles. The highest BCUT2D eigenvalue weighted by Gasteiger charge is 2.27. The van der Waals surface area contributed by atoms with Crippen molar-refractivity contribution in [1.29, 1.82) is 0 Å². The molecular weight excluding hydrogens is 150 g/mol. The Morgan fingerprint density at radius 1 is 1.70 bits per heavy atom. The molecule has 0 amide bonds. The van der Waals surface area contributed by atoms with Gasteiger partial charge in [-0.25, -0.2) is 0 Å². The molecule has 0 bridgehead atoms. The Labute approximate surface area is 65.2 Å². The number of nitrogens with one attached hydrogen (secondary N) is 1. The molecule has 1 rings (SSSR count). The Bertz CT molecular complexity index is 140. The number of thiol groups is 1. The smallest absolute Gasteiger partial charge is 0.320 e. The fourth-order valence-corrected chi connectivity index (χ4v) is 1.45. The van der Waals surface area contributed by atoms with Gasteiger partial charge in [0, 0.05) is 11.8 Å². The predicted molar refractivity (Wildman–Crippen MR) is 41.4 cm³/mol. The van der Waals surface area contributed by atoms with Crippen molar-refractivity contribution in [3.05, 3.63) is 0 Å². The van der Waals surface area contributed by atoms with E-state index in [9.17, 15) is 4.79 Å². The third kappa shape index (κ3) is 1.64. The molecule has 4 heteroatoms. The second-order valence-corrected chi connectivity index (χ2v) is 2.88. The lowest BCUT2D eigenvalue weighted by molar-refractivity contribution is -0.139. The summed E-state index contributed by atoms with van der Waals surface area (Å²) in [7, 11) is 0. The van der Waals surface area contributed by atoms with Crippen LogP contribution in [0.1, 0.15) is 12.8 Å². The molecule has 1 fully saturated rings. The molecule has 2 N–H and O–H groups in total. The number of carbonyl (C=O) groups is 1. The SMILES string of the molecule is O=C(O)[C@@H]1CCC(CS)N1. The zero-order valence-corrected chi connectivity index (χ0v) is 6.47. The zero-order valence-electron chi connectivity index (χ0n) is 5.58. The van der Waals surface area contributed by atoms with Gasteiger partial charge in [-0.05, 0) is 12.8 Å². The van der Waals surface area contributed by atoms with Crippen LogP contribution in [-0.2, 0) is 4.79 Å². The molecule has 0 aromatic rings. The summed E-state index contributed by atoms with van der Waals surface area (Å²) < 4.78 is 0. The van der Waals surface area contributed by atoms with Crippen molar-refractivity contribution < 1.29 is 9.90 Å². The highest BCUT2D eigenvalue weighted by atomic mass is 32.1. The maximum absolute atomic E-state index is 10.4. The Morgan fingerprint density at radius 3 is 2.70 bits per heavy atom. The van der Waals surface area contributed by atoms with Crippen LogP contribution in [0.15, 0.2) is 0 Å². The Balaban J connectivity index is 2.35. The van der Waals surface area contributed by atoms with Crippen molar-refractivity contribution >= 4 is 18.6 Å².